The van der Waals surface area contributed by atoms with Crippen molar-refractivity contribution in [3.8, 4) is 11.5 Å². The molecule has 1 aliphatic carbocycles. The van der Waals surface area contributed by atoms with E-state index in [2.05, 4.69) is 12.2 Å². The maximum absolute atomic E-state index is 12.5. The van der Waals surface area contributed by atoms with Crippen molar-refractivity contribution in [3.63, 3.8) is 0 Å². The monoisotopic (exact) mass is 354 g/mol. The lowest BCUT2D eigenvalue weighted by Crippen LogP contribution is -2.41. The SMILES string of the molecule is CCCCOc1c(Cl)cc(C(=O)NC(CN)C2CC2)cc1OCC. The van der Waals surface area contributed by atoms with Crippen molar-refractivity contribution < 1.29 is 14.3 Å². The number of rotatable bonds is 10. The molecule has 2 rings (SSSR count). The molecule has 1 aliphatic rings. The molecule has 24 heavy (non-hydrogen) atoms. The molecule has 0 aliphatic heterocycles. The molecule has 1 atom stereocenters. The highest BCUT2D eigenvalue weighted by molar-refractivity contribution is 6.32. The van der Waals surface area contributed by atoms with Gasteiger partial charge in [0.05, 0.1) is 18.2 Å². The largest absolute Gasteiger partial charge is 0.490 e. The Hall–Kier alpha value is -1.46. The first kappa shape index (κ1) is 18.9. The first-order chi connectivity index (χ1) is 11.6. The molecule has 1 aromatic rings. The summed E-state index contributed by atoms with van der Waals surface area (Å²) in [4.78, 5) is 12.5. The van der Waals surface area contributed by atoms with Gasteiger partial charge in [-0.1, -0.05) is 24.9 Å². The summed E-state index contributed by atoms with van der Waals surface area (Å²) in [5.74, 6) is 1.32. The topological polar surface area (TPSA) is 73.6 Å². The van der Waals surface area contributed by atoms with Crippen LogP contribution in [0.5, 0.6) is 11.5 Å². The second-order valence-corrected chi connectivity index (χ2v) is 6.48. The van der Waals surface area contributed by atoms with E-state index in [0.29, 0.717) is 47.8 Å². The maximum Gasteiger partial charge on any atom is 0.251 e. The first-order valence-corrected chi connectivity index (χ1v) is 9.08. The smallest absolute Gasteiger partial charge is 0.251 e. The van der Waals surface area contributed by atoms with E-state index in [1.54, 1.807) is 12.1 Å². The predicted octanol–water partition coefficient (Wildman–Crippen LogP) is 3.38. The van der Waals surface area contributed by atoms with Crippen molar-refractivity contribution >= 4 is 17.5 Å². The maximum atomic E-state index is 12.5. The highest BCUT2D eigenvalue weighted by Crippen LogP contribution is 2.37. The zero-order valence-corrected chi connectivity index (χ0v) is 15.2. The van der Waals surface area contributed by atoms with Crippen LogP contribution < -0.4 is 20.5 Å². The molecule has 134 valence electrons. The lowest BCUT2D eigenvalue weighted by molar-refractivity contribution is 0.0933. The molecule has 0 radical (unpaired) electrons. The Morgan fingerprint density at radius 2 is 2.12 bits per heavy atom. The van der Waals surface area contributed by atoms with Gasteiger partial charge in [-0.05, 0) is 44.2 Å². The van der Waals surface area contributed by atoms with Gasteiger partial charge in [0.25, 0.3) is 5.91 Å². The third-order valence-corrected chi connectivity index (χ3v) is 4.36. The molecule has 0 bridgehead atoms. The summed E-state index contributed by atoms with van der Waals surface area (Å²) in [6.45, 7) is 5.46. The van der Waals surface area contributed by atoms with Crippen molar-refractivity contribution in [2.75, 3.05) is 19.8 Å². The Bertz CT molecular complexity index is 561. The normalized spacial score (nSPS) is 15.0. The molecule has 0 spiro atoms. The van der Waals surface area contributed by atoms with Crippen molar-refractivity contribution in [2.45, 2.75) is 45.6 Å². The minimum atomic E-state index is -0.180. The van der Waals surface area contributed by atoms with Crippen molar-refractivity contribution in [2.24, 2.45) is 11.7 Å². The van der Waals surface area contributed by atoms with Crippen LogP contribution in [0.25, 0.3) is 0 Å². The van der Waals surface area contributed by atoms with Gasteiger partial charge in [0.15, 0.2) is 11.5 Å². The van der Waals surface area contributed by atoms with E-state index in [-0.39, 0.29) is 11.9 Å². The van der Waals surface area contributed by atoms with Gasteiger partial charge in [-0.2, -0.15) is 0 Å². The summed E-state index contributed by atoms with van der Waals surface area (Å²) in [6, 6.07) is 3.33. The van der Waals surface area contributed by atoms with Gasteiger partial charge in [-0.25, -0.2) is 0 Å². The Kier molecular flexibility index (Phi) is 7.18. The molecule has 0 saturated heterocycles. The Morgan fingerprint density at radius 1 is 1.38 bits per heavy atom. The summed E-state index contributed by atoms with van der Waals surface area (Å²) in [5.41, 5.74) is 6.22. The number of carbonyl (C=O) groups is 1. The zero-order valence-electron chi connectivity index (χ0n) is 14.4. The summed E-state index contributed by atoms with van der Waals surface area (Å²) < 4.78 is 11.4. The van der Waals surface area contributed by atoms with Gasteiger partial charge >= 0.3 is 0 Å². The van der Waals surface area contributed by atoms with Crippen molar-refractivity contribution in [1.29, 1.82) is 0 Å². The Balaban J connectivity index is 2.15. The van der Waals surface area contributed by atoms with E-state index >= 15 is 0 Å². The van der Waals surface area contributed by atoms with Gasteiger partial charge < -0.3 is 20.5 Å². The lowest BCUT2D eigenvalue weighted by Gasteiger charge is -2.18. The molecule has 1 aromatic carbocycles. The molecule has 1 saturated carbocycles. The summed E-state index contributed by atoms with van der Waals surface area (Å²) in [6.07, 6.45) is 4.21. The second kappa shape index (κ2) is 9.14. The zero-order chi connectivity index (χ0) is 17.5. The molecule has 1 fully saturated rings. The Morgan fingerprint density at radius 3 is 2.71 bits per heavy atom. The number of nitrogens with two attached hydrogens (primary N) is 1. The summed E-state index contributed by atoms with van der Waals surface area (Å²) >= 11 is 6.33. The third-order valence-electron chi connectivity index (χ3n) is 4.08. The predicted molar refractivity (Wildman–Crippen MR) is 96.1 cm³/mol. The fourth-order valence-electron chi connectivity index (χ4n) is 2.54. The number of ether oxygens (including phenoxy) is 2. The minimum Gasteiger partial charge on any atom is -0.490 e. The van der Waals surface area contributed by atoms with Crippen molar-refractivity contribution in [1.82, 2.24) is 5.32 Å². The number of nitrogens with one attached hydrogen (secondary N) is 1. The molecule has 3 N–H and O–H groups in total. The number of hydrogen-bond acceptors (Lipinski definition) is 4. The third kappa shape index (κ3) is 5.02. The highest BCUT2D eigenvalue weighted by atomic mass is 35.5. The van der Waals surface area contributed by atoms with Gasteiger partial charge in [0, 0.05) is 18.2 Å². The number of benzene rings is 1. The number of carbonyl (C=O) groups excluding carboxylic acids is 1. The van der Waals surface area contributed by atoms with Crippen LogP contribution in [0.15, 0.2) is 12.1 Å². The molecule has 6 heteroatoms. The van der Waals surface area contributed by atoms with E-state index in [1.165, 1.54) is 0 Å². The van der Waals surface area contributed by atoms with E-state index in [1.807, 2.05) is 6.92 Å². The summed E-state index contributed by atoms with van der Waals surface area (Å²) in [5, 5.41) is 3.38. The molecule has 1 amide bonds. The summed E-state index contributed by atoms with van der Waals surface area (Å²) in [7, 11) is 0. The molecule has 1 unspecified atom stereocenters. The van der Waals surface area contributed by atoms with Crippen molar-refractivity contribution in [3.05, 3.63) is 22.7 Å². The minimum absolute atomic E-state index is 0.0206. The first-order valence-electron chi connectivity index (χ1n) is 8.70. The molecule has 5 nitrogen and oxygen atoms in total. The average Bonchev–Trinajstić information content (AvgIpc) is 3.39. The lowest BCUT2D eigenvalue weighted by atomic mass is 10.1. The van der Waals surface area contributed by atoms with Crippen LogP contribution in [0.2, 0.25) is 5.02 Å². The van der Waals surface area contributed by atoms with E-state index < -0.39 is 0 Å². The van der Waals surface area contributed by atoms with E-state index in [4.69, 9.17) is 26.8 Å². The highest BCUT2D eigenvalue weighted by Gasteiger charge is 2.31. The molecule has 0 heterocycles. The fraction of sp³-hybridized carbons (Fsp3) is 0.611. The standard InChI is InChI=1S/C18H27ClN2O3/c1-3-5-8-24-17-14(19)9-13(10-16(17)23-4-2)18(22)21-15(11-20)12-6-7-12/h9-10,12,15H,3-8,11,20H2,1-2H3,(H,21,22). The van der Waals surface area contributed by atoms with Crippen LogP contribution in [0.3, 0.4) is 0 Å². The van der Waals surface area contributed by atoms with Crippen LogP contribution >= 0.6 is 11.6 Å². The van der Waals surface area contributed by atoms with Crippen LogP contribution in [0.4, 0.5) is 0 Å². The van der Waals surface area contributed by atoms with Crippen LogP contribution in [0, 0.1) is 5.92 Å². The fourth-order valence-corrected chi connectivity index (χ4v) is 2.81. The van der Waals surface area contributed by atoms with Crippen LogP contribution in [0.1, 0.15) is 49.9 Å². The van der Waals surface area contributed by atoms with Gasteiger partial charge in [0.1, 0.15) is 0 Å². The number of hydrogen-bond donors (Lipinski definition) is 2. The Labute approximate surface area is 148 Å². The van der Waals surface area contributed by atoms with E-state index in [0.717, 1.165) is 25.7 Å². The van der Waals surface area contributed by atoms with Crippen LogP contribution in [-0.2, 0) is 0 Å². The number of halogens is 1. The quantitative estimate of drug-likeness (QED) is 0.632. The average molecular weight is 355 g/mol. The van der Waals surface area contributed by atoms with Gasteiger partial charge in [-0.3, -0.25) is 4.79 Å². The number of unbranched alkanes of at least 4 members (excludes halogenated alkanes) is 1. The number of amides is 1. The molecular weight excluding hydrogens is 328 g/mol. The van der Waals surface area contributed by atoms with Gasteiger partial charge in [-0.15, -0.1) is 0 Å². The molecule has 0 aromatic heterocycles. The molecular formula is C18H27ClN2O3. The van der Waals surface area contributed by atoms with Crippen LogP contribution in [-0.4, -0.2) is 31.7 Å². The second-order valence-electron chi connectivity index (χ2n) is 6.07. The van der Waals surface area contributed by atoms with E-state index in [9.17, 15) is 4.79 Å². The van der Waals surface area contributed by atoms with Gasteiger partial charge in [0.2, 0.25) is 0 Å².